The summed E-state index contributed by atoms with van der Waals surface area (Å²) in [6, 6.07) is -1.03. The molecule has 1 fully saturated rings. The Hall–Kier alpha value is -1.35. The molecule has 0 radical (unpaired) electrons. The van der Waals surface area contributed by atoms with E-state index in [1.807, 2.05) is 6.92 Å². The number of carboxylic acids is 1. The van der Waals surface area contributed by atoms with Gasteiger partial charge in [-0.05, 0) is 12.8 Å². The number of nitrogens with zero attached hydrogens (tertiary/aromatic N) is 1. The van der Waals surface area contributed by atoms with Crippen molar-refractivity contribution in [2.45, 2.75) is 44.0 Å². The lowest BCUT2D eigenvalue weighted by Crippen LogP contribution is -2.50. The van der Waals surface area contributed by atoms with Gasteiger partial charge in [0.25, 0.3) is 0 Å². The summed E-state index contributed by atoms with van der Waals surface area (Å²) in [5.74, 6) is 2.02. The van der Waals surface area contributed by atoms with E-state index in [9.17, 15) is 9.59 Å². The summed E-state index contributed by atoms with van der Waals surface area (Å²) in [7, 11) is 0. The smallest absolute Gasteiger partial charge is 0.327 e. The normalized spacial score (nSPS) is 22.0. The second-order valence-corrected chi connectivity index (χ2v) is 5.59. The molecule has 1 heterocycles. The molecule has 1 saturated heterocycles. The van der Waals surface area contributed by atoms with Crippen LogP contribution in [0.25, 0.3) is 0 Å². The number of nitrogens with one attached hydrogen (secondary N) is 1. The Balaban J connectivity index is 2.59. The van der Waals surface area contributed by atoms with Crippen LogP contribution in [0.2, 0.25) is 0 Å². The topological polar surface area (TPSA) is 69.6 Å². The highest BCUT2D eigenvalue weighted by molar-refractivity contribution is 8.00. The van der Waals surface area contributed by atoms with E-state index in [2.05, 4.69) is 11.2 Å². The number of hydrogen-bond donors (Lipinski definition) is 2. The van der Waals surface area contributed by atoms with Crippen LogP contribution in [-0.2, 0) is 4.79 Å². The Labute approximate surface area is 118 Å². The molecule has 1 rings (SSSR count). The van der Waals surface area contributed by atoms with Gasteiger partial charge in [-0.1, -0.05) is 13.3 Å². The zero-order valence-corrected chi connectivity index (χ0v) is 11.9. The summed E-state index contributed by atoms with van der Waals surface area (Å²) in [6.07, 6.45) is 8.18. The van der Waals surface area contributed by atoms with Crippen molar-refractivity contribution in [3.63, 3.8) is 0 Å². The van der Waals surface area contributed by atoms with Gasteiger partial charge in [-0.3, -0.25) is 4.90 Å². The lowest BCUT2D eigenvalue weighted by Gasteiger charge is -2.27. The van der Waals surface area contributed by atoms with Crippen molar-refractivity contribution >= 4 is 23.8 Å². The Morgan fingerprint density at radius 2 is 2.32 bits per heavy atom. The highest BCUT2D eigenvalue weighted by Crippen LogP contribution is 2.32. The highest BCUT2D eigenvalue weighted by atomic mass is 32.2. The van der Waals surface area contributed by atoms with Crippen LogP contribution in [0.15, 0.2) is 0 Å². The van der Waals surface area contributed by atoms with Crippen LogP contribution in [0.5, 0.6) is 0 Å². The number of carboxylic acid groups (broad SMARTS) is 1. The molecule has 6 heteroatoms. The first-order valence-electron chi connectivity index (χ1n) is 6.45. The third-order valence-corrected chi connectivity index (χ3v) is 4.28. The maximum absolute atomic E-state index is 12.1. The van der Waals surface area contributed by atoms with E-state index in [0.29, 0.717) is 25.1 Å². The van der Waals surface area contributed by atoms with Gasteiger partial charge < -0.3 is 10.4 Å². The summed E-state index contributed by atoms with van der Waals surface area (Å²) in [4.78, 5) is 24.7. The van der Waals surface area contributed by atoms with Gasteiger partial charge in [0.15, 0.2) is 0 Å². The van der Waals surface area contributed by atoms with Gasteiger partial charge >= 0.3 is 12.0 Å². The molecule has 5 nitrogen and oxygen atoms in total. The standard InChI is InChI=1S/C13H20N2O3S/c1-3-5-6-8-14-13(18)15-10(12(16)17)9-19-11(15)7-4-2/h1,10-11H,4-9H2,2H3,(H,14,18)(H,16,17). The fraction of sp³-hybridized carbons (Fsp3) is 0.692. The van der Waals surface area contributed by atoms with Gasteiger partial charge in [0.1, 0.15) is 6.04 Å². The maximum atomic E-state index is 12.1. The molecular weight excluding hydrogens is 264 g/mol. The third-order valence-electron chi connectivity index (χ3n) is 2.92. The van der Waals surface area contributed by atoms with E-state index in [1.54, 1.807) is 0 Å². The lowest BCUT2D eigenvalue weighted by molar-refractivity contribution is -0.141. The Bertz CT molecular complexity index is 367. The van der Waals surface area contributed by atoms with Crippen molar-refractivity contribution < 1.29 is 14.7 Å². The van der Waals surface area contributed by atoms with Gasteiger partial charge in [0, 0.05) is 18.7 Å². The van der Waals surface area contributed by atoms with E-state index < -0.39 is 12.0 Å². The number of carbonyl (C=O) groups is 2. The minimum absolute atomic E-state index is 0.0428. The third kappa shape index (κ3) is 4.35. The number of terminal acetylenes is 1. The molecule has 0 aliphatic carbocycles. The van der Waals surface area contributed by atoms with Crippen molar-refractivity contribution in [3.8, 4) is 12.3 Å². The first-order valence-corrected chi connectivity index (χ1v) is 7.50. The summed E-state index contributed by atoms with van der Waals surface area (Å²) in [6.45, 7) is 2.51. The largest absolute Gasteiger partial charge is 0.480 e. The number of carbonyl (C=O) groups excluding carboxylic acids is 1. The second-order valence-electron chi connectivity index (χ2n) is 4.38. The van der Waals surface area contributed by atoms with Crippen LogP contribution in [0, 0.1) is 12.3 Å². The van der Waals surface area contributed by atoms with Crippen molar-refractivity contribution in [1.82, 2.24) is 10.2 Å². The van der Waals surface area contributed by atoms with E-state index in [4.69, 9.17) is 11.5 Å². The van der Waals surface area contributed by atoms with E-state index in [-0.39, 0.29) is 11.4 Å². The molecule has 0 aromatic carbocycles. The zero-order chi connectivity index (χ0) is 14.3. The van der Waals surface area contributed by atoms with Gasteiger partial charge in [0.05, 0.1) is 5.37 Å². The quantitative estimate of drug-likeness (QED) is 0.576. The van der Waals surface area contributed by atoms with E-state index in [1.165, 1.54) is 16.7 Å². The minimum atomic E-state index is -0.940. The molecule has 19 heavy (non-hydrogen) atoms. The molecule has 2 N–H and O–H groups in total. The molecule has 2 amide bonds. The molecule has 106 valence electrons. The van der Waals surface area contributed by atoms with Crippen LogP contribution in [0.3, 0.4) is 0 Å². The van der Waals surface area contributed by atoms with E-state index in [0.717, 1.165) is 12.8 Å². The molecule has 0 saturated carbocycles. The molecule has 2 unspecified atom stereocenters. The lowest BCUT2D eigenvalue weighted by atomic mass is 10.2. The van der Waals surface area contributed by atoms with Gasteiger partial charge in [-0.2, -0.15) is 0 Å². The SMILES string of the molecule is C#CCCCNC(=O)N1C(CCC)SCC1C(=O)O. The molecule has 0 bridgehead atoms. The Morgan fingerprint density at radius 1 is 1.58 bits per heavy atom. The summed E-state index contributed by atoms with van der Waals surface area (Å²) >= 11 is 1.54. The Morgan fingerprint density at radius 3 is 2.89 bits per heavy atom. The first kappa shape index (κ1) is 15.7. The predicted octanol–water partition coefficient (Wildman–Crippen LogP) is 1.74. The second kappa shape index (κ2) is 7.95. The van der Waals surface area contributed by atoms with Crippen LogP contribution >= 0.6 is 11.8 Å². The molecular formula is C13H20N2O3S. The predicted molar refractivity (Wildman–Crippen MR) is 75.9 cm³/mol. The van der Waals surface area contributed by atoms with Crippen LogP contribution in [-0.4, -0.2) is 45.7 Å². The van der Waals surface area contributed by atoms with Crippen LogP contribution in [0.4, 0.5) is 4.79 Å². The fourth-order valence-electron chi connectivity index (χ4n) is 1.97. The van der Waals surface area contributed by atoms with E-state index >= 15 is 0 Å². The van der Waals surface area contributed by atoms with Gasteiger partial charge in [-0.25, -0.2) is 9.59 Å². The minimum Gasteiger partial charge on any atom is -0.480 e. The maximum Gasteiger partial charge on any atom is 0.327 e. The van der Waals surface area contributed by atoms with Gasteiger partial charge in [-0.15, -0.1) is 24.1 Å². The van der Waals surface area contributed by atoms with Gasteiger partial charge in [0.2, 0.25) is 0 Å². The number of rotatable bonds is 6. The number of hydrogen-bond acceptors (Lipinski definition) is 3. The molecule has 0 spiro atoms. The van der Waals surface area contributed by atoms with Crippen molar-refractivity contribution in [1.29, 1.82) is 0 Å². The number of aliphatic carboxylic acids is 1. The van der Waals surface area contributed by atoms with Crippen LogP contribution in [0.1, 0.15) is 32.6 Å². The summed E-state index contributed by atoms with van der Waals surface area (Å²) in [5, 5.41) is 11.9. The molecule has 1 aliphatic heterocycles. The van der Waals surface area contributed by atoms with Crippen LogP contribution < -0.4 is 5.32 Å². The average molecular weight is 284 g/mol. The van der Waals surface area contributed by atoms with Crippen molar-refractivity contribution in [2.24, 2.45) is 0 Å². The molecule has 0 aromatic heterocycles. The first-order chi connectivity index (χ1) is 9.11. The fourth-order valence-corrected chi connectivity index (χ4v) is 3.49. The number of amides is 2. The van der Waals surface area contributed by atoms with Crippen molar-refractivity contribution in [2.75, 3.05) is 12.3 Å². The summed E-state index contributed by atoms with van der Waals surface area (Å²) < 4.78 is 0. The molecule has 1 aliphatic rings. The zero-order valence-electron chi connectivity index (χ0n) is 11.1. The summed E-state index contributed by atoms with van der Waals surface area (Å²) in [5.41, 5.74) is 0. The Kier molecular flexibility index (Phi) is 6.57. The highest BCUT2D eigenvalue weighted by Gasteiger charge is 2.40. The monoisotopic (exact) mass is 284 g/mol. The molecule has 2 atom stereocenters. The molecule has 0 aromatic rings. The number of unbranched alkanes of at least 4 members (excludes halogenated alkanes) is 1. The number of thioether (sulfide) groups is 1. The average Bonchev–Trinajstić information content (AvgIpc) is 2.79. The van der Waals surface area contributed by atoms with Crippen molar-refractivity contribution in [3.05, 3.63) is 0 Å². The number of urea groups is 1.